The predicted molar refractivity (Wildman–Crippen MR) is 37.5 cm³/mol. The van der Waals surface area contributed by atoms with Gasteiger partial charge in [-0.05, 0) is 19.9 Å². The summed E-state index contributed by atoms with van der Waals surface area (Å²) in [6, 6.07) is 0.606. The maximum atomic E-state index is 5.36. The summed E-state index contributed by atoms with van der Waals surface area (Å²) in [6.45, 7) is 6.24. The van der Waals surface area contributed by atoms with Crippen LogP contribution in [-0.2, 0) is 4.74 Å². The molecule has 2 atom stereocenters. The lowest BCUT2D eigenvalue weighted by atomic mass is 10.2. The molecule has 1 heterocycles. The van der Waals surface area contributed by atoms with E-state index in [4.69, 9.17) is 4.74 Å². The number of likely N-dealkylation sites (N-methyl/N-ethyl adjacent to an activating group) is 1. The number of nitrogens with one attached hydrogen (secondary N) is 1. The minimum Gasteiger partial charge on any atom is -0.377 e. The molecule has 54 valence electrons. The van der Waals surface area contributed by atoms with Crippen LogP contribution in [0.2, 0.25) is 0 Å². The summed E-state index contributed by atoms with van der Waals surface area (Å²) in [5.74, 6) is 0. The van der Waals surface area contributed by atoms with Crippen LogP contribution in [0.5, 0.6) is 0 Å². The van der Waals surface area contributed by atoms with Crippen molar-refractivity contribution in [3.05, 3.63) is 0 Å². The topological polar surface area (TPSA) is 21.3 Å². The van der Waals surface area contributed by atoms with Crippen LogP contribution >= 0.6 is 0 Å². The molecule has 1 aliphatic rings. The first-order chi connectivity index (χ1) is 4.34. The number of ether oxygens (including phenoxy) is 1. The standard InChI is InChI=1S/C7H15NO/c1-3-8-7-4-5-9-6(7)2/h6-8H,3-5H2,1-2H3. The van der Waals surface area contributed by atoms with E-state index >= 15 is 0 Å². The fourth-order valence-electron chi connectivity index (χ4n) is 1.26. The quantitative estimate of drug-likeness (QED) is 0.594. The minimum atomic E-state index is 0.421. The second-order valence-electron chi connectivity index (χ2n) is 2.53. The summed E-state index contributed by atoms with van der Waals surface area (Å²) in [7, 11) is 0. The fourth-order valence-corrected chi connectivity index (χ4v) is 1.26. The van der Waals surface area contributed by atoms with Crippen molar-refractivity contribution in [2.24, 2.45) is 0 Å². The summed E-state index contributed by atoms with van der Waals surface area (Å²) in [5, 5.41) is 3.37. The maximum absolute atomic E-state index is 5.36. The van der Waals surface area contributed by atoms with Gasteiger partial charge >= 0.3 is 0 Å². The lowest BCUT2D eigenvalue weighted by Gasteiger charge is -2.13. The Morgan fingerprint density at radius 3 is 2.89 bits per heavy atom. The third-order valence-electron chi connectivity index (χ3n) is 1.84. The summed E-state index contributed by atoms with van der Waals surface area (Å²) in [4.78, 5) is 0. The van der Waals surface area contributed by atoms with Crippen molar-refractivity contribution in [2.45, 2.75) is 32.4 Å². The Bertz CT molecular complexity index is 85.0. The fraction of sp³-hybridized carbons (Fsp3) is 1.00. The van der Waals surface area contributed by atoms with Crippen LogP contribution in [0.1, 0.15) is 20.3 Å². The van der Waals surface area contributed by atoms with Crippen LogP contribution in [0.25, 0.3) is 0 Å². The molecule has 0 aromatic rings. The minimum absolute atomic E-state index is 0.421. The van der Waals surface area contributed by atoms with Gasteiger partial charge in [0, 0.05) is 12.6 Å². The van der Waals surface area contributed by atoms with Crippen molar-refractivity contribution in [3.63, 3.8) is 0 Å². The van der Waals surface area contributed by atoms with Crippen LogP contribution in [0.15, 0.2) is 0 Å². The highest BCUT2D eigenvalue weighted by molar-refractivity contribution is 4.77. The van der Waals surface area contributed by atoms with E-state index in [1.165, 1.54) is 6.42 Å². The number of rotatable bonds is 2. The summed E-state index contributed by atoms with van der Waals surface area (Å²) >= 11 is 0. The van der Waals surface area contributed by atoms with Gasteiger partial charge in [-0.1, -0.05) is 6.92 Å². The van der Waals surface area contributed by atoms with Gasteiger partial charge in [-0.25, -0.2) is 0 Å². The van der Waals surface area contributed by atoms with Gasteiger partial charge in [0.2, 0.25) is 0 Å². The zero-order valence-electron chi connectivity index (χ0n) is 6.18. The third-order valence-corrected chi connectivity index (χ3v) is 1.84. The van der Waals surface area contributed by atoms with E-state index in [2.05, 4.69) is 19.2 Å². The van der Waals surface area contributed by atoms with Gasteiger partial charge in [-0.15, -0.1) is 0 Å². The molecule has 0 spiro atoms. The summed E-state index contributed by atoms with van der Waals surface area (Å²) in [5.41, 5.74) is 0. The number of hydrogen-bond donors (Lipinski definition) is 1. The Kier molecular flexibility index (Phi) is 2.49. The number of hydrogen-bond acceptors (Lipinski definition) is 2. The van der Waals surface area contributed by atoms with Crippen molar-refractivity contribution in [1.29, 1.82) is 0 Å². The Morgan fingerprint density at radius 2 is 2.44 bits per heavy atom. The molecule has 2 heteroatoms. The van der Waals surface area contributed by atoms with Gasteiger partial charge in [0.15, 0.2) is 0 Å². The van der Waals surface area contributed by atoms with Crippen molar-refractivity contribution in [3.8, 4) is 0 Å². The molecule has 0 aliphatic carbocycles. The molecule has 1 rings (SSSR count). The zero-order chi connectivity index (χ0) is 6.69. The van der Waals surface area contributed by atoms with E-state index in [9.17, 15) is 0 Å². The van der Waals surface area contributed by atoms with Crippen molar-refractivity contribution >= 4 is 0 Å². The average molecular weight is 129 g/mol. The zero-order valence-corrected chi connectivity index (χ0v) is 6.18. The molecular weight excluding hydrogens is 114 g/mol. The van der Waals surface area contributed by atoms with E-state index in [0.717, 1.165) is 13.2 Å². The van der Waals surface area contributed by atoms with Gasteiger partial charge in [0.05, 0.1) is 6.10 Å². The lowest BCUT2D eigenvalue weighted by molar-refractivity contribution is 0.113. The van der Waals surface area contributed by atoms with Gasteiger partial charge in [-0.3, -0.25) is 0 Å². The molecule has 1 N–H and O–H groups in total. The van der Waals surface area contributed by atoms with Gasteiger partial charge in [0.25, 0.3) is 0 Å². The van der Waals surface area contributed by atoms with Gasteiger partial charge in [-0.2, -0.15) is 0 Å². The molecular formula is C7H15NO. The Morgan fingerprint density at radius 1 is 1.67 bits per heavy atom. The molecule has 0 saturated carbocycles. The van der Waals surface area contributed by atoms with E-state index < -0.39 is 0 Å². The van der Waals surface area contributed by atoms with Crippen LogP contribution < -0.4 is 5.32 Å². The maximum Gasteiger partial charge on any atom is 0.0700 e. The Hall–Kier alpha value is -0.0800. The second kappa shape index (κ2) is 3.18. The molecule has 0 aromatic carbocycles. The van der Waals surface area contributed by atoms with Gasteiger partial charge in [0.1, 0.15) is 0 Å². The van der Waals surface area contributed by atoms with Gasteiger partial charge < -0.3 is 10.1 Å². The monoisotopic (exact) mass is 129 g/mol. The smallest absolute Gasteiger partial charge is 0.0700 e. The first-order valence-electron chi connectivity index (χ1n) is 3.69. The Balaban J connectivity index is 2.22. The first kappa shape index (κ1) is 7.03. The molecule has 1 fully saturated rings. The van der Waals surface area contributed by atoms with Crippen LogP contribution in [0.4, 0.5) is 0 Å². The highest BCUT2D eigenvalue weighted by atomic mass is 16.5. The van der Waals surface area contributed by atoms with Crippen LogP contribution in [0.3, 0.4) is 0 Å². The molecule has 1 saturated heterocycles. The van der Waals surface area contributed by atoms with Crippen molar-refractivity contribution in [1.82, 2.24) is 5.32 Å². The summed E-state index contributed by atoms with van der Waals surface area (Å²) < 4.78 is 5.36. The highest BCUT2D eigenvalue weighted by Crippen LogP contribution is 2.11. The molecule has 9 heavy (non-hydrogen) atoms. The van der Waals surface area contributed by atoms with Crippen LogP contribution in [0, 0.1) is 0 Å². The molecule has 0 amide bonds. The molecule has 0 bridgehead atoms. The third kappa shape index (κ3) is 1.66. The normalized spacial score (nSPS) is 35.3. The van der Waals surface area contributed by atoms with Crippen LogP contribution in [-0.4, -0.2) is 25.3 Å². The van der Waals surface area contributed by atoms with E-state index in [1.54, 1.807) is 0 Å². The summed E-state index contributed by atoms with van der Waals surface area (Å²) in [6.07, 6.45) is 1.60. The SMILES string of the molecule is CCNC1CCOC1C. The molecule has 2 unspecified atom stereocenters. The molecule has 2 nitrogen and oxygen atoms in total. The second-order valence-corrected chi connectivity index (χ2v) is 2.53. The highest BCUT2D eigenvalue weighted by Gasteiger charge is 2.22. The van der Waals surface area contributed by atoms with E-state index in [0.29, 0.717) is 12.1 Å². The van der Waals surface area contributed by atoms with E-state index in [1.807, 2.05) is 0 Å². The lowest BCUT2D eigenvalue weighted by Crippen LogP contribution is -2.34. The first-order valence-corrected chi connectivity index (χ1v) is 3.69. The molecule has 0 radical (unpaired) electrons. The largest absolute Gasteiger partial charge is 0.377 e. The van der Waals surface area contributed by atoms with Crippen molar-refractivity contribution < 1.29 is 4.74 Å². The Labute approximate surface area is 56.6 Å². The molecule has 0 aromatic heterocycles. The average Bonchev–Trinajstić information content (AvgIpc) is 2.18. The molecule has 1 aliphatic heterocycles. The predicted octanol–water partition coefficient (Wildman–Crippen LogP) is 0.773. The van der Waals surface area contributed by atoms with Crippen molar-refractivity contribution in [2.75, 3.05) is 13.2 Å². The van der Waals surface area contributed by atoms with E-state index in [-0.39, 0.29) is 0 Å².